The minimum Gasteiger partial charge on any atom is -0.103 e. The van der Waals surface area contributed by atoms with Gasteiger partial charge >= 0.3 is 0 Å². The third kappa shape index (κ3) is 7.38. The van der Waals surface area contributed by atoms with E-state index in [9.17, 15) is 0 Å². The highest BCUT2D eigenvalue weighted by Gasteiger charge is 1.94. The Hall–Kier alpha value is -0.520. The van der Waals surface area contributed by atoms with Crippen LogP contribution in [0.5, 0.6) is 0 Å². The molecule has 0 heterocycles. The fourth-order valence-electron chi connectivity index (χ4n) is 0.895. The van der Waals surface area contributed by atoms with E-state index < -0.39 is 0 Å². The first kappa shape index (κ1) is 10.5. The first-order valence-electron chi connectivity index (χ1n) is 4.57. The van der Waals surface area contributed by atoms with Crippen molar-refractivity contribution in [2.75, 3.05) is 0 Å². The van der Waals surface area contributed by atoms with Crippen molar-refractivity contribution in [2.45, 2.75) is 39.5 Å². The lowest BCUT2D eigenvalue weighted by Gasteiger charge is -2.03. The molecule has 0 aliphatic carbocycles. The third-order valence-corrected chi connectivity index (χ3v) is 1.99. The van der Waals surface area contributed by atoms with Crippen molar-refractivity contribution in [3.05, 3.63) is 24.8 Å². The second-order valence-corrected chi connectivity index (χ2v) is 3.09. The molecule has 0 radical (unpaired) electrons. The van der Waals surface area contributed by atoms with Gasteiger partial charge in [0.15, 0.2) is 0 Å². The Balaban J connectivity index is 3.18. The molecule has 0 fully saturated rings. The molecule has 0 aromatic carbocycles. The highest BCUT2D eigenvalue weighted by atomic mass is 14.0. The standard InChI is InChI=1S/C11H20/c1-4-6-7-8-9-10-11(3)5-2/h4,7-8,11H,1,5-6,9-10H2,2-3H3. The maximum Gasteiger partial charge on any atom is -0.0172 e. The van der Waals surface area contributed by atoms with Crippen LogP contribution in [0.15, 0.2) is 24.8 Å². The number of rotatable bonds is 6. The van der Waals surface area contributed by atoms with Gasteiger partial charge in [-0.05, 0) is 25.2 Å². The highest BCUT2D eigenvalue weighted by molar-refractivity contribution is 4.88. The van der Waals surface area contributed by atoms with Crippen LogP contribution in [0.3, 0.4) is 0 Å². The molecule has 0 rings (SSSR count). The van der Waals surface area contributed by atoms with Crippen LogP contribution in [0.1, 0.15) is 39.5 Å². The summed E-state index contributed by atoms with van der Waals surface area (Å²) in [5.74, 6) is 0.878. The van der Waals surface area contributed by atoms with Crippen molar-refractivity contribution < 1.29 is 0 Å². The number of hydrogen-bond acceptors (Lipinski definition) is 0. The van der Waals surface area contributed by atoms with Crippen LogP contribution in [0.2, 0.25) is 0 Å². The summed E-state index contributed by atoms with van der Waals surface area (Å²) in [6, 6.07) is 0. The Morgan fingerprint density at radius 1 is 1.36 bits per heavy atom. The second kappa shape index (κ2) is 7.59. The summed E-state index contributed by atoms with van der Waals surface area (Å²) in [5.41, 5.74) is 0. The van der Waals surface area contributed by atoms with Gasteiger partial charge in [0.2, 0.25) is 0 Å². The summed E-state index contributed by atoms with van der Waals surface area (Å²) in [5, 5.41) is 0. The van der Waals surface area contributed by atoms with Crippen molar-refractivity contribution in [3.63, 3.8) is 0 Å². The van der Waals surface area contributed by atoms with Crippen LogP contribution in [-0.4, -0.2) is 0 Å². The Kier molecular flexibility index (Phi) is 7.23. The zero-order chi connectivity index (χ0) is 8.53. The Morgan fingerprint density at radius 2 is 2.09 bits per heavy atom. The zero-order valence-electron chi connectivity index (χ0n) is 7.84. The summed E-state index contributed by atoms with van der Waals surface area (Å²) in [6.07, 6.45) is 11.2. The minimum absolute atomic E-state index is 0.878. The predicted octanol–water partition coefficient (Wildman–Crippen LogP) is 3.95. The zero-order valence-corrected chi connectivity index (χ0v) is 7.84. The van der Waals surface area contributed by atoms with Crippen LogP contribution in [0.25, 0.3) is 0 Å². The highest BCUT2D eigenvalue weighted by Crippen LogP contribution is 2.09. The van der Waals surface area contributed by atoms with E-state index in [1.165, 1.54) is 19.3 Å². The molecule has 0 heteroatoms. The maximum atomic E-state index is 3.66. The number of allylic oxidation sites excluding steroid dienone is 3. The Morgan fingerprint density at radius 3 is 2.64 bits per heavy atom. The molecule has 0 spiro atoms. The van der Waals surface area contributed by atoms with E-state index in [1.54, 1.807) is 0 Å². The van der Waals surface area contributed by atoms with E-state index in [0.717, 1.165) is 12.3 Å². The molecule has 0 aliphatic heterocycles. The molecule has 0 aromatic heterocycles. The van der Waals surface area contributed by atoms with Gasteiger partial charge in [0, 0.05) is 0 Å². The molecule has 0 saturated carbocycles. The molecule has 0 saturated heterocycles. The molecule has 0 bridgehead atoms. The largest absolute Gasteiger partial charge is 0.103 e. The summed E-state index contributed by atoms with van der Waals surface area (Å²) in [4.78, 5) is 0. The topological polar surface area (TPSA) is 0 Å². The van der Waals surface area contributed by atoms with E-state index >= 15 is 0 Å². The monoisotopic (exact) mass is 152 g/mol. The first-order chi connectivity index (χ1) is 5.31. The molecule has 1 atom stereocenters. The molecule has 0 aliphatic rings. The molecule has 1 unspecified atom stereocenters. The van der Waals surface area contributed by atoms with Gasteiger partial charge in [-0.1, -0.05) is 38.5 Å². The Labute approximate surface area is 71.0 Å². The summed E-state index contributed by atoms with van der Waals surface area (Å²) < 4.78 is 0. The van der Waals surface area contributed by atoms with E-state index in [2.05, 4.69) is 32.6 Å². The van der Waals surface area contributed by atoms with Gasteiger partial charge in [0.25, 0.3) is 0 Å². The molecule has 0 N–H and O–H groups in total. The van der Waals surface area contributed by atoms with Crippen LogP contribution in [0, 0.1) is 5.92 Å². The van der Waals surface area contributed by atoms with Crippen LogP contribution in [0.4, 0.5) is 0 Å². The smallest absolute Gasteiger partial charge is 0.0172 e. The van der Waals surface area contributed by atoms with Gasteiger partial charge < -0.3 is 0 Å². The second-order valence-electron chi connectivity index (χ2n) is 3.09. The van der Waals surface area contributed by atoms with Gasteiger partial charge in [-0.2, -0.15) is 0 Å². The third-order valence-electron chi connectivity index (χ3n) is 1.99. The molecule has 0 aromatic rings. The summed E-state index contributed by atoms with van der Waals surface area (Å²) >= 11 is 0. The molecule has 0 nitrogen and oxygen atoms in total. The van der Waals surface area contributed by atoms with Gasteiger partial charge in [-0.3, -0.25) is 0 Å². The summed E-state index contributed by atoms with van der Waals surface area (Å²) in [7, 11) is 0. The van der Waals surface area contributed by atoms with Crippen molar-refractivity contribution in [1.29, 1.82) is 0 Å². The normalized spacial score (nSPS) is 13.6. The van der Waals surface area contributed by atoms with E-state index in [0.29, 0.717) is 0 Å². The average Bonchev–Trinajstić information content (AvgIpc) is 2.04. The van der Waals surface area contributed by atoms with Crippen molar-refractivity contribution in [3.8, 4) is 0 Å². The molecule has 0 amide bonds. The quantitative estimate of drug-likeness (QED) is 0.506. The lowest BCUT2D eigenvalue weighted by atomic mass is 10.0. The van der Waals surface area contributed by atoms with Crippen LogP contribution in [-0.2, 0) is 0 Å². The van der Waals surface area contributed by atoms with E-state index in [-0.39, 0.29) is 0 Å². The molecule has 64 valence electrons. The summed E-state index contributed by atoms with van der Waals surface area (Å²) in [6.45, 7) is 8.21. The van der Waals surface area contributed by atoms with Gasteiger partial charge in [0.05, 0.1) is 0 Å². The predicted molar refractivity (Wildman–Crippen MR) is 52.6 cm³/mol. The van der Waals surface area contributed by atoms with Gasteiger partial charge in [0.1, 0.15) is 0 Å². The van der Waals surface area contributed by atoms with Crippen molar-refractivity contribution in [1.82, 2.24) is 0 Å². The average molecular weight is 152 g/mol. The van der Waals surface area contributed by atoms with E-state index in [1.807, 2.05) is 6.08 Å². The van der Waals surface area contributed by atoms with Crippen molar-refractivity contribution >= 4 is 0 Å². The fourth-order valence-corrected chi connectivity index (χ4v) is 0.895. The molecular formula is C11H20. The fraction of sp³-hybridized carbons (Fsp3) is 0.636. The Bertz CT molecular complexity index is 111. The molecular weight excluding hydrogens is 132 g/mol. The van der Waals surface area contributed by atoms with Crippen LogP contribution < -0.4 is 0 Å². The SMILES string of the molecule is C=CCC=CCCC(C)CC. The maximum absolute atomic E-state index is 3.66. The lowest BCUT2D eigenvalue weighted by molar-refractivity contribution is 0.521. The first-order valence-corrected chi connectivity index (χ1v) is 4.57. The molecule has 11 heavy (non-hydrogen) atoms. The van der Waals surface area contributed by atoms with E-state index in [4.69, 9.17) is 0 Å². The van der Waals surface area contributed by atoms with Gasteiger partial charge in [-0.15, -0.1) is 6.58 Å². The van der Waals surface area contributed by atoms with Crippen molar-refractivity contribution in [2.24, 2.45) is 5.92 Å². The minimum atomic E-state index is 0.878. The van der Waals surface area contributed by atoms with Gasteiger partial charge in [-0.25, -0.2) is 0 Å². The van der Waals surface area contributed by atoms with Crippen LogP contribution >= 0.6 is 0 Å². The number of hydrogen-bond donors (Lipinski definition) is 0. The lowest BCUT2D eigenvalue weighted by Crippen LogP contribution is -1.89.